The minimum atomic E-state index is 0.182. The number of rotatable bonds is 5. The normalized spacial score (nSPS) is 12.4. The monoisotopic (exact) mass is 387 g/mol. The fourth-order valence-electron chi connectivity index (χ4n) is 2.16. The van der Waals surface area contributed by atoms with Crippen molar-refractivity contribution < 1.29 is 4.74 Å². The molecule has 2 aromatic rings. The SMILES string of the molecule is CCOc1ccc(C)cc1C(NC)c1csc(I)c1. The molecule has 0 fully saturated rings. The third-order valence-electron chi connectivity index (χ3n) is 2.99. The lowest BCUT2D eigenvalue weighted by Gasteiger charge is -2.20. The number of hydrogen-bond acceptors (Lipinski definition) is 3. The summed E-state index contributed by atoms with van der Waals surface area (Å²) in [7, 11) is 1.99. The van der Waals surface area contributed by atoms with E-state index in [0.29, 0.717) is 6.61 Å². The second kappa shape index (κ2) is 6.72. The molecule has 1 unspecified atom stereocenters. The van der Waals surface area contributed by atoms with Gasteiger partial charge in [0, 0.05) is 5.56 Å². The first kappa shape index (κ1) is 14.8. The quantitative estimate of drug-likeness (QED) is 0.770. The van der Waals surface area contributed by atoms with Crippen molar-refractivity contribution in [3.63, 3.8) is 0 Å². The van der Waals surface area contributed by atoms with Gasteiger partial charge < -0.3 is 10.1 Å². The number of aryl methyl sites for hydroxylation is 1. The van der Waals surface area contributed by atoms with Gasteiger partial charge in [-0.2, -0.15) is 0 Å². The molecule has 0 aliphatic carbocycles. The van der Waals surface area contributed by atoms with Crippen LogP contribution in [0.1, 0.15) is 29.7 Å². The van der Waals surface area contributed by atoms with Gasteiger partial charge in [-0.1, -0.05) is 17.7 Å². The van der Waals surface area contributed by atoms with Crippen molar-refractivity contribution >= 4 is 33.9 Å². The molecule has 4 heteroatoms. The van der Waals surface area contributed by atoms with E-state index in [-0.39, 0.29) is 6.04 Å². The highest BCUT2D eigenvalue weighted by molar-refractivity contribution is 14.1. The fraction of sp³-hybridized carbons (Fsp3) is 0.333. The molecule has 19 heavy (non-hydrogen) atoms. The minimum absolute atomic E-state index is 0.182. The number of benzene rings is 1. The van der Waals surface area contributed by atoms with Gasteiger partial charge in [0.15, 0.2) is 0 Å². The Bertz CT molecular complexity index is 553. The topological polar surface area (TPSA) is 21.3 Å². The predicted molar refractivity (Wildman–Crippen MR) is 90.3 cm³/mol. The van der Waals surface area contributed by atoms with Gasteiger partial charge >= 0.3 is 0 Å². The van der Waals surface area contributed by atoms with E-state index in [2.05, 4.69) is 64.5 Å². The smallest absolute Gasteiger partial charge is 0.124 e. The van der Waals surface area contributed by atoms with Gasteiger partial charge in [0.05, 0.1) is 15.5 Å². The third-order valence-corrected chi connectivity index (χ3v) is 4.79. The van der Waals surface area contributed by atoms with Gasteiger partial charge in [0.1, 0.15) is 5.75 Å². The Morgan fingerprint density at radius 1 is 1.37 bits per heavy atom. The molecule has 1 heterocycles. The molecule has 0 aliphatic heterocycles. The molecule has 1 atom stereocenters. The molecule has 0 amide bonds. The second-order valence-corrected chi connectivity index (χ2v) is 7.19. The summed E-state index contributed by atoms with van der Waals surface area (Å²) in [5.74, 6) is 0.966. The summed E-state index contributed by atoms with van der Waals surface area (Å²) in [5.41, 5.74) is 3.76. The average molecular weight is 387 g/mol. The summed E-state index contributed by atoms with van der Waals surface area (Å²) < 4.78 is 7.07. The zero-order valence-electron chi connectivity index (χ0n) is 11.4. The molecule has 0 bridgehead atoms. The summed E-state index contributed by atoms with van der Waals surface area (Å²) in [6.45, 7) is 4.82. The number of nitrogens with one attached hydrogen (secondary N) is 1. The van der Waals surface area contributed by atoms with Crippen molar-refractivity contribution in [2.24, 2.45) is 0 Å². The van der Waals surface area contributed by atoms with Gasteiger partial charge in [-0.05, 0) is 66.6 Å². The predicted octanol–water partition coefficient (Wildman–Crippen LogP) is 4.37. The van der Waals surface area contributed by atoms with Crippen LogP contribution in [0.3, 0.4) is 0 Å². The Labute approximate surface area is 132 Å². The zero-order valence-corrected chi connectivity index (χ0v) is 14.3. The summed E-state index contributed by atoms with van der Waals surface area (Å²) >= 11 is 4.13. The second-order valence-electron chi connectivity index (χ2n) is 4.38. The number of ether oxygens (including phenoxy) is 1. The van der Waals surface area contributed by atoms with E-state index in [0.717, 1.165) is 5.75 Å². The molecule has 0 spiro atoms. The summed E-state index contributed by atoms with van der Waals surface area (Å²) in [6.07, 6.45) is 0. The van der Waals surface area contributed by atoms with Crippen LogP contribution in [0.2, 0.25) is 0 Å². The summed E-state index contributed by atoms with van der Waals surface area (Å²) in [4.78, 5) is 0. The van der Waals surface area contributed by atoms with E-state index in [1.165, 1.54) is 19.6 Å². The number of halogens is 1. The first-order valence-electron chi connectivity index (χ1n) is 6.30. The van der Waals surface area contributed by atoms with E-state index >= 15 is 0 Å². The molecule has 0 radical (unpaired) electrons. The molecule has 0 saturated heterocycles. The number of hydrogen-bond donors (Lipinski definition) is 1. The Morgan fingerprint density at radius 3 is 2.74 bits per heavy atom. The van der Waals surface area contributed by atoms with Crippen LogP contribution in [0.15, 0.2) is 29.6 Å². The van der Waals surface area contributed by atoms with Crippen molar-refractivity contribution in [3.05, 3.63) is 49.2 Å². The van der Waals surface area contributed by atoms with Crippen LogP contribution in [0.4, 0.5) is 0 Å². The highest BCUT2D eigenvalue weighted by Crippen LogP contribution is 2.33. The lowest BCUT2D eigenvalue weighted by molar-refractivity contribution is 0.334. The van der Waals surface area contributed by atoms with Crippen LogP contribution in [-0.2, 0) is 0 Å². The van der Waals surface area contributed by atoms with Gasteiger partial charge in [-0.3, -0.25) is 0 Å². The van der Waals surface area contributed by atoms with Crippen LogP contribution < -0.4 is 10.1 Å². The van der Waals surface area contributed by atoms with E-state index in [9.17, 15) is 0 Å². The molecule has 0 saturated carbocycles. The van der Waals surface area contributed by atoms with Crippen LogP contribution in [-0.4, -0.2) is 13.7 Å². The molecule has 2 nitrogen and oxygen atoms in total. The Morgan fingerprint density at radius 2 is 2.16 bits per heavy atom. The van der Waals surface area contributed by atoms with Gasteiger partial charge in [-0.25, -0.2) is 0 Å². The zero-order chi connectivity index (χ0) is 13.8. The third kappa shape index (κ3) is 3.49. The largest absolute Gasteiger partial charge is 0.494 e. The first-order chi connectivity index (χ1) is 9.15. The highest BCUT2D eigenvalue weighted by atomic mass is 127. The maximum Gasteiger partial charge on any atom is 0.124 e. The van der Waals surface area contributed by atoms with Gasteiger partial charge in [0.25, 0.3) is 0 Å². The van der Waals surface area contributed by atoms with Crippen molar-refractivity contribution in [3.8, 4) is 5.75 Å². The highest BCUT2D eigenvalue weighted by Gasteiger charge is 2.18. The summed E-state index contributed by atoms with van der Waals surface area (Å²) in [5, 5.41) is 5.61. The lowest BCUT2D eigenvalue weighted by Crippen LogP contribution is -2.18. The van der Waals surface area contributed by atoms with Crippen molar-refractivity contribution in [2.75, 3.05) is 13.7 Å². The maximum absolute atomic E-state index is 5.76. The number of thiophene rings is 1. The van der Waals surface area contributed by atoms with Crippen LogP contribution >= 0.6 is 33.9 Å². The summed E-state index contributed by atoms with van der Waals surface area (Å²) in [6, 6.07) is 8.77. The van der Waals surface area contributed by atoms with Gasteiger partial charge in [0.2, 0.25) is 0 Å². The molecular formula is C15H18INOS. The molecule has 102 valence electrons. The van der Waals surface area contributed by atoms with Crippen molar-refractivity contribution in [1.29, 1.82) is 0 Å². The average Bonchev–Trinajstić information content (AvgIpc) is 2.80. The Kier molecular flexibility index (Phi) is 5.24. The Hall–Kier alpha value is -0.590. The molecule has 1 N–H and O–H groups in total. The molecule has 1 aromatic carbocycles. The molecule has 2 rings (SSSR count). The lowest BCUT2D eigenvalue weighted by atomic mass is 9.98. The van der Waals surface area contributed by atoms with Crippen molar-refractivity contribution in [2.45, 2.75) is 19.9 Å². The van der Waals surface area contributed by atoms with Crippen LogP contribution in [0.5, 0.6) is 5.75 Å². The first-order valence-corrected chi connectivity index (χ1v) is 8.26. The van der Waals surface area contributed by atoms with E-state index < -0.39 is 0 Å². The van der Waals surface area contributed by atoms with Crippen molar-refractivity contribution in [1.82, 2.24) is 5.32 Å². The molecular weight excluding hydrogens is 369 g/mol. The minimum Gasteiger partial charge on any atom is -0.494 e. The van der Waals surface area contributed by atoms with E-state index in [1.807, 2.05) is 14.0 Å². The standard InChI is InChI=1S/C15H18INOS/c1-4-18-13-6-5-10(2)7-12(13)15(17-3)11-8-14(16)19-9-11/h5-9,15,17H,4H2,1-3H3. The molecule has 1 aromatic heterocycles. The van der Waals surface area contributed by atoms with Gasteiger partial charge in [-0.15, -0.1) is 11.3 Å². The van der Waals surface area contributed by atoms with Crippen LogP contribution in [0, 0.1) is 9.81 Å². The van der Waals surface area contributed by atoms with Crippen LogP contribution in [0.25, 0.3) is 0 Å². The van der Waals surface area contributed by atoms with E-state index in [4.69, 9.17) is 4.74 Å². The fourth-order valence-corrected chi connectivity index (χ4v) is 3.55. The molecule has 0 aliphatic rings. The Balaban J connectivity index is 2.44. The van der Waals surface area contributed by atoms with E-state index in [1.54, 1.807) is 11.3 Å². The maximum atomic E-state index is 5.76.